The van der Waals surface area contributed by atoms with Crippen LogP contribution in [-0.2, 0) is 10.0 Å². The van der Waals surface area contributed by atoms with Gasteiger partial charge in [0.05, 0.1) is 20.1 Å². The van der Waals surface area contributed by atoms with Crippen molar-refractivity contribution in [3.05, 3.63) is 74.3 Å². The number of hydrogen-bond donors (Lipinski definition) is 0. The molecule has 0 N–H and O–H groups in total. The third-order valence-electron chi connectivity index (χ3n) is 3.89. The quantitative estimate of drug-likeness (QED) is 0.563. The highest BCUT2D eigenvalue weighted by molar-refractivity contribution is 8.01. The molecule has 1 aliphatic rings. The van der Waals surface area contributed by atoms with Gasteiger partial charge in [0.2, 0.25) is 10.0 Å². The van der Waals surface area contributed by atoms with Crippen LogP contribution < -0.4 is 0 Å². The number of non-ortho nitro benzene ring substituents is 2. The van der Waals surface area contributed by atoms with Crippen LogP contribution in [0.25, 0.3) is 0 Å². The molecule has 26 heavy (non-hydrogen) atoms. The van der Waals surface area contributed by atoms with Crippen molar-refractivity contribution >= 4 is 33.2 Å². The van der Waals surface area contributed by atoms with E-state index >= 15 is 0 Å². The summed E-state index contributed by atoms with van der Waals surface area (Å²) in [6, 6.07) is 10.5. The van der Waals surface area contributed by atoms with E-state index in [4.69, 9.17) is 0 Å². The molecular formula is C15H13N3O6S2. The summed E-state index contributed by atoms with van der Waals surface area (Å²) in [5, 5.41) is 21.0. The summed E-state index contributed by atoms with van der Waals surface area (Å²) in [4.78, 5) is 20.3. The molecule has 3 rings (SSSR count). The largest absolute Gasteiger partial charge is 0.269 e. The maximum atomic E-state index is 12.9. The van der Waals surface area contributed by atoms with Crippen molar-refractivity contribution in [1.82, 2.24) is 4.31 Å². The summed E-state index contributed by atoms with van der Waals surface area (Å²) in [5.41, 5.74) is 0.386. The average molecular weight is 395 g/mol. The first-order valence-electron chi connectivity index (χ1n) is 7.43. The van der Waals surface area contributed by atoms with E-state index in [-0.39, 0.29) is 22.8 Å². The van der Waals surface area contributed by atoms with Crippen LogP contribution in [0.1, 0.15) is 10.9 Å². The van der Waals surface area contributed by atoms with Gasteiger partial charge >= 0.3 is 0 Å². The molecule has 1 fully saturated rings. The van der Waals surface area contributed by atoms with Gasteiger partial charge in [0.25, 0.3) is 11.4 Å². The van der Waals surface area contributed by atoms with Gasteiger partial charge in [-0.3, -0.25) is 20.2 Å². The second-order valence-corrected chi connectivity index (χ2v) is 8.52. The number of benzene rings is 2. The zero-order valence-electron chi connectivity index (χ0n) is 13.2. The number of nitrogens with zero attached hydrogens (tertiary/aromatic N) is 3. The van der Waals surface area contributed by atoms with E-state index < -0.39 is 25.2 Å². The molecule has 0 spiro atoms. The molecule has 0 saturated carbocycles. The van der Waals surface area contributed by atoms with Crippen molar-refractivity contribution in [2.45, 2.75) is 10.3 Å². The van der Waals surface area contributed by atoms with E-state index in [1.165, 1.54) is 40.3 Å². The molecule has 1 heterocycles. The van der Waals surface area contributed by atoms with E-state index in [0.717, 1.165) is 12.1 Å². The van der Waals surface area contributed by atoms with Gasteiger partial charge < -0.3 is 0 Å². The van der Waals surface area contributed by atoms with E-state index in [1.807, 2.05) is 0 Å². The molecule has 1 unspecified atom stereocenters. The number of sulfonamides is 1. The molecule has 11 heteroatoms. The van der Waals surface area contributed by atoms with Crippen molar-refractivity contribution in [3.63, 3.8) is 0 Å². The molecule has 2 aromatic rings. The van der Waals surface area contributed by atoms with Crippen molar-refractivity contribution in [2.75, 3.05) is 12.3 Å². The zero-order valence-corrected chi connectivity index (χ0v) is 14.9. The number of thioether (sulfide) groups is 1. The Balaban J connectivity index is 1.90. The molecule has 0 amide bonds. The summed E-state index contributed by atoms with van der Waals surface area (Å²) < 4.78 is 27.1. The van der Waals surface area contributed by atoms with Crippen molar-refractivity contribution in [2.24, 2.45) is 0 Å². The minimum atomic E-state index is -3.85. The van der Waals surface area contributed by atoms with Crippen LogP contribution in [0.3, 0.4) is 0 Å². The first-order valence-corrected chi connectivity index (χ1v) is 9.92. The Bertz CT molecular complexity index is 944. The molecule has 136 valence electrons. The fourth-order valence-corrected chi connectivity index (χ4v) is 5.84. The van der Waals surface area contributed by atoms with Gasteiger partial charge in [0.15, 0.2) is 0 Å². The first kappa shape index (κ1) is 18.3. The van der Waals surface area contributed by atoms with Gasteiger partial charge in [0.1, 0.15) is 0 Å². The van der Waals surface area contributed by atoms with Crippen LogP contribution >= 0.6 is 11.8 Å². The Morgan fingerprint density at radius 1 is 0.923 bits per heavy atom. The van der Waals surface area contributed by atoms with Crippen LogP contribution in [0.15, 0.2) is 53.4 Å². The lowest BCUT2D eigenvalue weighted by Crippen LogP contribution is -2.30. The van der Waals surface area contributed by atoms with Gasteiger partial charge in [-0.1, -0.05) is 0 Å². The second kappa shape index (κ2) is 7.02. The molecule has 9 nitrogen and oxygen atoms in total. The minimum Gasteiger partial charge on any atom is -0.258 e. The third-order valence-corrected chi connectivity index (χ3v) is 7.16. The Labute approximate surface area is 153 Å². The summed E-state index contributed by atoms with van der Waals surface area (Å²) in [5.74, 6) is 0.577. The lowest BCUT2D eigenvalue weighted by Gasteiger charge is -2.23. The molecular weight excluding hydrogens is 382 g/mol. The number of nitro groups is 2. The van der Waals surface area contributed by atoms with Gasteiger partial charge in [-0.05, 0) is 29.8 Å². The lowest BCUT2D eigenvalue weighted by atomic mass is 10.2. The van der Waals surface area contributed by atoms with Crippen LogP contribution in [0.2, 0.25) is 0 Å². The van der Waals surface area contributed by atoms with Crippen LogP contribution in [0.4, 0.5) is 11.4 Å². The van der Waals surface area contributed by atoms with Gasteiger partial charge in [-0.2, -0.15) is 4.31 Å². The van der Waals surface area contributed by atoms with Crippen LogP contribution in [0.5, 0.6) is 0 Å². The first-order chi connectivity index (χ1) is 12.3. The van der Waals surface area contributed by atoms with E-state index in [9.17, 15) is 28.6 Å². The molecule has 1 aliphatic heterocycles. The lowest BCUT2D eigenvalue weighted by molar-refractivity contribution is -0.385. The maximum Gasteiger partial charge on any atom is 0.269 e. The number of hydrogen-bond acceptors (Lipinski definition) is 7. The van der Waals surface area contributed by atoms with E-state index in [1.54, 1.807) is 12.1 Å². The highest BCUT2D eigenvalue weighted by atomic mass is 32.2. The zero-order chi connectivity index (χ0) is 18.9. The van der Waals surface area contributed by atoms with Crippen molar-refractivity contribution in [1.29, 1.82) is 0 Å². The van der Waals surface area contributed by atoms with E-state index in [2.05, 4.69) is 0 Å². The van der Waals surface area contributed by atoms with E-state index in [0.29, 0.717) is 11.3 Å². The maximum absolute atomic E-state index is 12.9. The highest BCUT2D eigenvalue weighted by Gasteiger charge is 2.37. The molecule has 0 radical (unpaired) electrons. The Kier molecular flexibility index (Phi) is 4.94. The predicted octanol–water partition coefficient (Wildman–Crippen LogP) is 2.94. The summed E-state index contributed by atoms with van der Waals surface area (Å²) in [7, 11) is -3.85. The molecule has 0 aliphatic carbocycles. The molecule has 0 bridgehead atoms. The summed E-state index contributed by atoms with van der Waals surface area (Å²) in [6.07, 6.45) is 0. The van der Waals surface area contributed by atoms with Crippen molar-refractivity contribution < 1.29 is 18.3 Å². The molecule has 1 saturated heterocycles. The molecule has 2 aromatic carbocycles. The Morgan fingerprint density at radius 3 is 1.92 bits per heavy atom. The molecule has 1 atom stereocenters. The van der Waals surface area contributed by atoms with Crippen LogP contribution in [-0.4, -0.2) is 34.9 Å². The smallest absolute Gasteiger partial charge is 0.258 e. The Morgan fingerprint density at radius 2 is 1.42 bits per heavy atom. The van der Waals surface area contributed by atoms with Crippen molar-refractivity contribution in [3.8, 4) is 0 Å². The number of rotatable bonds is 5. The van der Waals surface area contributed by atoms with Gasteiger partial charge in [-0.15, -0.1) is 11.8 Å². The predicted molar refractivity (Wildman–Crippen MR) is 95.3 cm³/mol. The van der Waals surface area contributed by atoms with Gasteiger partial charge in [0, 0.05) is 36.6 Å². The monoisotopic (exact) mass is 395 g/mol. The summed E-state index contributed by atoms with van der Waals surface area (Å²) in [6.45, 7) is 0.283. The normalized spacial score (nSPS) is 17.9. The number of nitro benzene ring substituents is 2. The molecule has 0 aromatic heterocycles. The SMILES string of the molecule is O=[N+]([O-])c1ccc(C2SCCN2S(=O)(=O)c2ccc([N+](=O)[O-])cc2)cc1. The average Bonchev–Trinajstić information content (AvgIpc) is 3.12. The highest BCUT2D eigenvalue weighted by Crippen LogP contribution is 2.41. The summed E-state index contributed by atoms with van der Waals surface area (Å²) >= 11 is 1.42. The standard InChI is InChI=1S/C15H13N3O6S2/c19-17(20)12-3-1-11(2-4-12)15-16(9-10-25-15)26(23,24)14-7-5-13(6-8-14)18(21)22/h1-8,15H,9-10H2. The topological polar surface area (TPSA) is 124 Å². The van der Waals surface area contributed by atoms with Crippen LogP contribution in [0, 0.1) is 20.2 Å². The van der Waals surface area contributed by atoms with Gasteiger partial charge in [-0.25, -0.2) is 8.42 Å². The Hall–Kier alpha value is -2.50. The fraction of sp³-hybridized carbons (Fsp3) is 0.200. The second-order valence-electron chi connectivity index (χ2n) is 5.44. The third kappa shape index (κ3) is 3.41. The minimum absolute atomic E-state index is 0.0301. The fourth-order valence-electron chi connectivity index (χ4n) is 2.60.